The molecule has 3 fully saturated rings. The number of oxazole rings is 1. The first kappa shape index (κ1) is 101. The number of esters is 1. The summed E-state index contributed by atoms with van der Waals surface area (Å²) < 4.78 is 89.1. The van der Waals surface area contributed by atoms with Crippen LogP contribution in [0.25, 0.3) is 33.4 Å². The maximum Gasteiger partial charge on any atom is 0.407 e. The first-order chi connectivity index (χ1) is 61.3. The van der Waals surface area contributed by atoms with Crippen molar-refractivity contribution in [3.8, 4) is 11.3 Å². The maximum atomic E-state index is 14.9. The van der Waals surface area contributed by atoms with Crippen molar-refractivity contribution in [2.45, 2.75) is 212 Å². The van der Waals surface area contributed by atoms with Gasteiger partial charge in [0.05, 0.1) is 148 Å². The number of allylic oxidation sites excluding steroid dienone is 5. The molecule has 2 aromatic carbocycles. The van der Waals surface area contributed by atoms with Gasteiger partial charge in [0.1, 0.15) is 53.8 Å². The number of carbonyl (C=O) groups is 6. The number of aliphatic hydroxyl groups excluding tert-OH is 2. The van der Waals surface area contributed by atoms with Crippen LogP contribution in [0.1, 0.15) is 149 Å². The van der Waals surface area contributed by atoms with Gasteiger partial charge in [0.15, 0.2) is 17.0 Å². The Labute approximate surface area is 744 Å². The van der Waals surface area contributed by atoms with Crippen LogP contribution in [0.15, 0.2) is 94.7 Å². The molecule has 16 atom stereocenters. The number of fused-ring (bicyclic) bond motifs is 6. The number of cyclic esters (lactones) is 1. The fraction of sp³-hybridized carbons (Fsp3) is 0.656. The number of carbonyl (C=O) groups excluding carboxylic acids is 6. The molecule has 1 aliphatic carbocycles. The van der Waals surface area contributed by atoms with Gasteiger partial charge in [0.2, 0.25) is 11.7 Å². The highest BCUT2D eigenvalue weighted by atomic mass is 16.6. The van der Waals surface area contributed by atoms with Crippen LogP contribution in [-0.4, -0.2) is 293 Å². The number of nitrogen functional groups attached to an aromatic ring is 2. The molecule has 3 aromatic heterocycles. The summed E-state index contributed by atoms with van der Waals surface area (Å²) in [6.07, 6.45) is 11.6. The van der Waals surface area contributed by atoms with Crippen molar-refractivity contribution in [3.05, 3.63) is 107 Å². The third-order valence-electron chi connectivity index (χ3n) is 24.7. The predicted molar refractivity (Wildman–Crippen MR) is 471 cm³/mol. The minimum Gasteiger partial charge on any atom is -0.460 e. The van der Waals surface area contributed by atoms with E-state index < -0.39 is 108 Å². The van der Waals surface area contributed by atoms with Crippen LogP contribution in [-0.2, 0) is 110 Å². The topological polar surface area (TPSA) is 433 Å². The molecule has 10 rings (SSSR count). The number of anilines is 2. The first-order valence-electron chi connectivity index (χ1n) is 45.0. The van der Waals surface area contributed by atoms with Crippen molar-refractivity contribution in [2.75, 3.05) is 158 Å². The Bertz CT molecular complexity index is 4460. The number of hydrogen-bond donors (Lipinski definition) is 6. The molecule has 702 valence electrons. The second kappa shape index (κ2) is 51.1. The van der Waals surface area contributed by atoms with Gasteiger partial charge in [-0.15, -0.1) is 0 Å². The number of benzene rings is 2. The van der Waals surface area contributed by atoms with E-state index in [-0.39, 0.29) is 68.6 Å². The third kappa shape index (κ3) is 29.5. The molecular formula is C93H136N10O24. The number of nitrogens with two attached hydrogens (primary N) is 2. The van der Waals surface area contributed by atoms with E-state index in [1.807, 2.05) is 79.8 Å². The second-order valence-electron chi connectivity index (χ2n) is 34.1. The van der Waals surface area contributed by atoms with Gasteiger partial charge in [-0.3, -0.25) is 19.2 Å². The summed E-state index contributed by atoms with van der Waals surface area (Å²) >= 11 is 0. The number of piperidine rings is 1. The summed E-state index contributed by atoms with van der Waals surface area (Å²) in [4.78, 5) is 100. The van der Waals surface area contributed by atoms with E-state index in [0.717, 1.165) is 28.7 Å². The van der Waals surface area contributed by atoms with Gasteiger partial charge in [-0.1, -0.05) is 89.3 Å². The molecule has 7 heterocycles. The average molecular weight is 1780 g/mol. The van der Waals surface area contributed by atoms with Crippen molar-refractivity contribution in [2.24, 2.45) is 35.5 Å². The Kier molecular flexibility index (Phi) is 40.5. The number of alkyl carbamates (subject to hydrolysis) is 1. The number of Topliss-reactive ketones (excluding diaryl/α,β-unsaturated/α-hetero) is 2. The van der Waals surface area contributed by atoms with Crippen LogP contribution < -0.4 is 16.8 Å². The zero-order valence-corrected chi connectivity index (χ0v) is 75.6. The van der Waals surface area contributed by atoms with Gasteiger partial charge in [-0.2, -0.15) is 10.1 Å². The van der Waals surface area contributed by atoms with Crippen LogP contribution in [0, 0.1) is 35.5 Å². The SMILES string of the molecule is CO[C@H]1C[C@@H]2CC[C@@H](C)[C@@](O)(O2)C(=O)C(=O)N2CCCC[C@H]2C(=O)O[C@H]([C@H](C)C[C@@H]2CC[C@@H](OC(=O)NCCOCCOCCOCCOCCOCCOCCOCCOCCC(=O)N3CCc4cc(Cn5nc(-c6ccc7oc(N)nc7c6)c6c(N)ncnc65)ccc4C3)[C@H](OC)C2)C[C@@H](OC)[C@H](C)/C=C(\C)[C@@H](O)[C@@H](O)C(=O)[C@H](C)C[C@H](C)/C=C/C=CC=C1C. The molecule has 34 heteroatoms. The number of amides is 3. The molecule has 0 radical (unpaired) electrons. The molecule has 8 N–H and O–H groups in total. The molecule has 3 amide bonds. The number of hydrogen-bond acceptors (Lipinski definition) is 30. The smallest absolute Gasteiger partial charge is 0.407 e. The summed E-state index contributed by atoms with van der Waals surface area (Å²) in [5.74, 6) is -7.57. The van der Waals surface area contributed by atoms with E-state index >= 15 is 0 Å². The number of aliphatic hydroxyl groups is 3. The summed E-state index contributed by atoms with van der Waals surface area (Å²) in [5.41, 5.74) is 19.9. The van der Waals surface area contributed by atoms with Crippen LogP contribution in [0.4, 0.5) is 16.6 Å². The van der Waals surface area contributed by atoms with E-state index in [9.17, 15) is 44.1 Å². The molecule has 0 spiro atoms. The first-order valence-corrected chi connectivity index (χ1v) is 45.0. The van der Waals surface area contributed by atoms with Crippen molar-refractivity contribution in [1.29, 1.82) is 0 Å². The number of methoxy groups -OCH3 is 3. The Balaban J connectivity index is 0.553. The molecule has 5 aliphatic rings. The molecule has 0 unspecified atom stereocenters. The van der Waals surface area contributed by atoms with Gasteiger partial charge in [-0.05, 0) is 148 Å². The Morgan fingerprint density at radius 3 is 2.02 bits per heavy atom. The van der Waals surface area contributed by atoms with Gasteiger partial charge < -0.3 is 113 Å². The highest BCUT2D eigenvalue weighted by molar-refractivity contribution is 6.39. The maximum absolute atomic E-state index is 14.9. The lowest BCUT2D eigenvalue weighted by molar-refractivity contribution is -0.265. The van der Waals surface area contributed by atoms with Crippen molar-refractivity contribution >= 4 is 69.4 Å². The molecule has 1 saturated carbocycles. The number of nitrogens with one attached hydrogen (secondary N) is 1. The average Bonchev–Trinajstić information content (AvgIpc) is 1.71. The Hall–Kier alpha value is -8.56. The van der Waals surface area contributed by atoms with Crippen LogP contribution in [0.5, 0.6) is 0 Å². The van der Waals surface area contributed by atoms with E-state index in [4.69, 9.17) is 87.3 Å². The fourth-order valence-corrected chi connectivity index (χ4v) is 17.3. The number of aromatic nitrogens is 5. The second-order valence-corrected chi connectivity index (χ2v) is 34.1. The van der Waals surface area contributed by atoms with Crippen molar-refractivity contribution < 1.29 is 115 Å². The molecule has 2 bridgehead atoms. The van der Waals surface area contributed by atoms with Gasteiger partial charge in [0, 0.05) is 83.7 Å². The molecule has 34 nitrogen and oxygen atoms in total. The van der Waals surface area contributed by atoms with Crippen molar-refractivity contribution in [3.63, 3.8) is 0 Å². The predicted octanol–water partition coefficient (Wildman–Crippen LogP) is 8.97. The zero-order chi connectivity index (χ0) is 90.9. The molecule has 2 saturated heterocycles. The lowest BCUT2D eigenvalue weighted by atomic mass is 9.78. The summed E-state index contributed by atoms with van der Waals surface area (Å²) in [6, 6.07) is 10.8. The van der Waals surface area contributed by atoms with Gasteiger partial charge >= 0.3 is 12.1 Å². The monoisotopic (exact) mass is 1780 g/mol. The lowest BCUT2D eigenvalue weighted by Gasteiger charge is -2.43. The van der Waals surface area contributed by atoms with E-state index in [2.05, 4.69) is 38.5 Å². The van der Waals surface area contributed by atoms with E-state index in [1.165, 1.54) is 23.9 Å². The quantitative estimate of drug-likeness (QED) is 0.00934. The summed E-state index contributed by atoms with van der Waals surface area (Å²) in [5, 5.41) is 43.3. The van der Waals surface area contributed by atoms with Gasteiger partial charge in [0.25, 0.3) is 17.7 Å². The molecule has 127 heavy (non-hydrogen) atoms. The highest BCUT2D eigenvalue weighted by Gasteiger charge is 2.53. The standard InChI is InChI=1S/C93H136N10O24/c1-59-16-12-11-13-17-60(2)76(113-8)54-71-24-19-65(7)93(112,127-71)86(108)89(109)102-30-15-14-18-73(102)90(110)124-78(55-77(114-9)61(3)49-64(6)84(106)85(107)83(105)63(5)48-59)62(4)50-66-21-25-75(79(52-66)115-10)126-92(111)96-29-33-117-35-37-119-39-41-121-43-45-123-47-46-122-44-42-120-40-38-118-36-34-116-32-28-80(104)101-31-27-68-51-67(20-22-70(68)57-101)56-103-88-81(87(94)97-58-98-88)82(100-103)69-23-26-74-72(53-69)99-91(95)125-74/h11-13,16-17,20,22-23,26,49,51,53,58-59,61-63,65-66,71,73,75-79,84-85,106-107,112H,14-15,18-19,21,24-25,27-48,50,52,54-57H2,1-10H3,(H2,95,99)(H,96,111)(H2,94,97,98)/b13-11?,16-12+,60-17?,64-49+/t59-,61-,62-,63-,65-,66+,71+,73+,75-,76+,77-,78+,79-,84-,85+,93-/m1/s1. The normalized spacial score (nSPS) is 26.9. The highest BCUT2D eigenvalue weighted by Crippen LogP contribution is 2.40. The molecule has 5 aromatic rings. The van der Waals surface area contributed by atoms with E-state index in [0.29, 0.717) is 222 Å². The largest absolute Gasteiger partial charge is 0.460 e. The van der Waals surface area contributed by atoms with Gasteiger partial charge in [-0.25, -0.2) is 24.2 Å². The molecule has 4 aliphatic heterocycles. The van der Waals surface area contributed by atoms with Crippen LogP contribution >= 0.6 is 0 Å². The number of nitrogens with zero attached hydrogens (tertiary/aromatic N) is 7. The molecular weight excluding hydrogens is 1640 g/mol. The summed E-state index contributed by atoms with van der Waals surface area (Å²) in [7, 11) is 4.68. The van der Waals surface area contributed by atoms with Crippen LogP contribution in [0.3, 0.4) is 0 Å². The number of ether oxygens (including phenoxy) is 14. The third-order valence-corrected chi connectivity index (χ3v) is 24.7. The minimum absolute atomic E-state index is 0.0319. The van der Waals surface area contributed by atoms with Crippen molar-refractivity contribution in [1.82, 2.24) is 39.8 Å². The summed E-state index contributed by atoms with van der Waals surface area (Å²) in [6.45, 7) is 20.5. The fourth-order valence-electron chi connectivity index (χ4n) is 17.3. The van der Waals surface area contributed by atoms with Crippen LogP contribution in [0.2, 0.25) is 0 Å². The number of ketones is 2. The Morgan fingerprint density at radius 2 is 1.35 bits per heavy atom. The zero-order valence-electron chi connectivity index (χ0n) is 75.6. The lowest BCUT2D eigenvalue weighted by Crippen LogP contribution is -2.61. The minimum atomic E-state index is -2.46. The number of rotatable bonds is 37. The van der Waals surface area contributed by atoms with E-state index in [1.54, 1.807) is 47.1 Å². The Morgan fingerprint density at radius 1 is 0.685 bits per heavy atom.